The zero-order valence-electron chi connectivity index (χ0n) is 11.4. The minimum atomic E-state index is 0.652. The lowest BCUT2D eigenvalue weighted by atomic mass is 10.1. The second-order valence-electron chi connectivity index (χ2n) is 4.40. The van der Waals surface area contributed by atoms with Crippen LogP contribution in [0.4, 0.5) is 11.4 Å². The first-order valence-electron chi connectivity index (χ1n) is 6.49. The van der Waals surface area contributed by atoms with Crippen LogP contribution in [0.5, 0.6) is 5.75 Å². The van der Waals surface area contributed by atoms with Gasteiger partial charge in [0.1, 0.15) is 5.75 Å². The van der Waals surface area contributed by atoms with Crippen LogP contribution >= 0.6 is 0 Å². The molecule has 0 aromatic heterocycles. The number of para-hydroxylation sites is 1. The van der Waals surface area contributed by atoms with Crippen molar-refractivity contribution in [1.29, 1.82) is 0 Å². The van der Waals surface area contributed by atoms with Gasteiger partial charge in [-0.05, 0) is 29.7 Å². The average molecular weight is 256 g/mol. The van der Waals surface area contributed by atoms with E-state index in [9.17, 15) is 0 Å². The van der Waals surface area contributed by atoms with Gasteiger partial charge in [-0.1, -0.05) is 37.3 Å². The zero-order chi connectivity index (χ0) is 13.7. The molecule has 3 nitrogen and oxygen atoms in total. The van der Waals surface area contributed by atoms with E-state index in [0.717, 1.165) is 18.7 Å². The molecule has 0 aliphatic heterocycles. The van der Waals surface area contributed by atoms with Crippen LogP contribution < -0.4 is 15.8 Å². The third-order valence-electron chi connectivity index (χ3n) is 3.25. The molecule has 0 bridgehead atoms. The molecular formula is C16H20N2O. The summed E-state index contributed by atoms with van der Waals surface area (Å²) in [6.07, 6.45) is 1.03. The third-order valence-corrected chi connectivity index (χ3v) is 3.25. The lowest BCUT2D eigenvalue weighted by Gasteiger charge is -2.13. The maximum Gasteiger partial charge on any atom is 0.143 e. The van der Waals surface area contributed by atoms with Crippen LogP contribution in [0, 0.1) is 0 Å². The SMILES string of the molecule is CCc1ccccc1CNc1cccc(OC)c1N. The molecule has 0 fully saturated rings. The van der Waals surface area contributed by atoms with Gasteiger partial charge in [-0.3, -0.25) is 0 Å². The van der Waals surface area contributed by atoms with E-state index in [4.69, 9.17) is 10.5 Å². The minimum Gasteiger partial charge on any atom is -0.495 e. The summed E-state index contributed by atoms with van der Waals surface area (Å²) in [7, 11) is 1.63. The predicted octanol–water partition coefficient (Wildman–Crippen LogP) is 3.45. The van der Waals surface area contributed by atoms with Gasteiger partial charge in [0.15, 0.2) is 0 Å². The summed E-state index contributed by atoms with van der Waals surface area (Å²) in [5.74, 6) is 0.703. The first-order chi connectivity index (χ1) is 9.26. The summed E-state index contributed by atoms with van der Waals surface area (Å²) in [6, 6.07) is 14.2. The maximum absolute atomic E-state index is 6.04. The average Bonchev–Trinajstić information content (AvgIpc) is 2.46. The second kappa shape index (κ2) is 6.14. The lowest BCUT2D eigenvalue weighted by Crippen LogP contribution is -2.05. The Morgan fingerprint density at radius 1 is 1.05 bits per heavy atom. The molecular weight excluding hydrogens is 236 g/mol. The van der Waals surface area contributed by atoms with Crippen molar-refractivity contribution in [3.8, 4) is 5.75 Å². The molecule has 0 amide bonds. The van der Waals surface area contributed by atoms with Gasteiger partial charge in [-0.2, -0.15) is 0 Å². The third kappa shape index (κ3) is 2.99. The van der Waals surface area contributed by atoms with Crippen LogP contribution in [0.25, 0.3) is 0 Å². The Bertz CT molecular complexity index is 552. The van der Waals surface area contributed by atoms with E-state index in [2.05, 4.69) is 36.5 Å². The van der Waals surface area contributed by atoms with Crippen molar-refractivity contribution in [3.05, 3.63) is 53.6 Å². The molecule has 19 heavy (non-hydrogen) atoms. The number of nitrogens with two attached hydrogens (primary N) is 1. The normalized spacial score (nSPS) is 10.2. The number of anilines is 2. The highest BCUT2D eigenvalue weighted by Crippen LogP contribution is 2.29. The number of hydrogen-bond donors (Lipinski definition) is 2. The van der Waals surface area contributed by atoms with Crippen molar-refractivity contribution in [2.45, 2.75) is 19.9 Å². The first kappa shape index (κ1) is 13.3. The molecule has 0 heterocycles. The Morgan fingerprint density at radius 2 is 1.79 bits per heavy atom. The number of methoxy groups -OCH3 is 1. The highest BCUT2D eigenvalue weighted by Gasteiger charge is 2.05. The van der Waals surface area contributed by atoms with Gasteiger partial charge in [0.05, 0.1) is 18.5 Å². The Kier molecular flexibility index (Phi) is 4.29. The first-order valence-corrected chi connectivity index (χ1v) is 6.49. The fraction of sp³-hybridized carbons (Fsp3) is 0.250. The minimum absolute atomic E-state index is 0.652. The van der Waals surface area contributed by atoms with E-state index in [1.54, 1.807) is 7.11 Å². The number of rotatable bonds is 5. The summed E-state index contributed by atoms with van der Waals surface area (Å²) in [4.78, 5) is 0. The Hall–Kier alpha value is -2.16. The molecule has 0 atom stereocenters. The molecule has 100 valence electrons. The van der Waals surface area contributed by atoms with E-state index >= 15 is 0 Å². The van der Waals surface area contributed by atoms with Crippen LogP contribution in [0.15, 0.2) is 42.5 Å². The fourth-order valence-electron chi connectivity index (χ4n) is 2.14. The molecule has 0 saturated heterocycles. The van der Waals surface area contributed by atoms with Gasteiger partial charge in [-0.25, -0.2) is 0 Å². The summed E-state index contributed by atoms with van der Waals surface area (Å²) in [5, 5.41) is 3.37. The molecule has 0 spiro atoms. The van der Waals surface area contributed by atoms with E-state index in [-0.39, 0.29) is 0 Å². The number of hydrogen-bond acceptors (Lipinski definition) is 3. The molecule has 2 rings (SSSR count). The van der Waals surface area contributed by atoms with Crippen LogP contribution in [-0.2, 0) is 13.0 Å². The van der Waals surface area contributed by atoms with Gasteiger partial charge in [0.2, 0.25) is 0 Å². The van der Waals surface area contributed by atoms with E-state index in [1.165, 1.54) is 11.1 Å². The monoisotopic (exact) mass is 256 g/mol. The lowest BCUT2D eigenvalue weighted by molar-refractivity contribution is 0.417. The van der Waals surface area contributed by atoms with Gasteiger partial charge in [-0.15, -0.1) is 0 Å². The predicted molar refractivity (Wildman–Crippen MR) is 80.6 cm³/mol. The van der Waals surface area contributed by atoms with Gasteiger partial charge < -0.3 is 15.8 Å². The summed E-state index contributed by atoms with van der Waals surface area (Å²) in [5.41, 5.74) is 10.3. The van der Waals surface area contributed by atoms with E-state index in [1.807, 2.05) is 18.2 Å². The zero-order valence-corrected chi connectivity index (χ0v) is 11.4. The highest BCUT2D eigenvalue weighted by atomic mass is 16.5. The Balaban J connectivity index is 2.15. The van der Waals surface area contributed by atoms with Crippen molar-refractivity contribution in [2.75, 3.05) is 18.2 Å². The number of ether oxygens (including phenoxy) is 1. The number of nitrogens with one attached hydrogen (secondary N) is 1. The fourth-order valence-corrected chi connectivity index (χ4v) is 2.14. The number of nitrogen functional groups attached to an aromatic ring is 1. The standard InChI is InChI=1S/C16H20N2O/c1-3-12-7-4-5-8-13(12)11-18-14-9-6-10-15(19-2)16(14)17/h4-10,18H,3,11,17H2,1-2H3. The molecule has 0 saturated carbocycles. The number of aryl methyl sites for hydroxylation is 1. The van der Waals surface area contributed by atoms with E-state index in [0.29, 0.717) is 11.4 Å². The molecule has 3 N–H and O–H groups in total. The van der Waals surface area contributed by atoms with Crippen molar-refractivity contribution in [2.24, 2.45) is 0 Å². The van der Waals surface area contributed by atoms with Crippen molar-refractivity contribution in [3.63, 3.8) is 0 Å². The maximum atomic E-state index is 6.04. The van der Waals surface area contributed by atoms with Crippen molar-refractivity contribution < 1.29 is 4.74 Å². The van der Waals surface area contributed by atoms with Crippen LogP contribution in [0.2, 0.25) is 0 Å². The largest absolute Gasteiger partial charge is 0.495 e. The highest BCUT2D eigenvalue weighted by molar-refractivity contribution is 5.72. The van der Waals surface area contributed by atoms with Gasteiger partial charge >= 0.3 is 0 Å². The molecule has 0 aliphatic carbocycles. The van der Waals surface area contributed by atoms with Gasteiger partial charge in [0.25, 0.3) is 0 Å². The second-order valence-corrected chi connectivity index (χ2v) is 4.40. The summed E-state index contributed by atoms with van der Waals surface area (Å²) < 4.78 is 5.22. The van der Waals surface area contributed by atoms with Crippen molar-refractivity contribution in [1.82, 2.24) is 0 Å². The molecule has 2 aromatic rings. The topological polar surface area (TPSA) is 47.3 Å². The molecule has 3 heteroatoms. The summed E-state index contributed by atoms with van der Waals surface area (Å²) in [6.45, 7) is 2.93. The van der Waals surface area contributed by atoms with Gasteiger partial charge in [0, 0.05) is 6.54 Å². The molecule has 0 aliphatic rings. The van der Waals surface area contributed by atoms with Crippen molar-refractivity contribution >= 4 is 11.4 Å². The molecule has 0 unspecified atom stereocenters. The summed E-state index contributed by atoms with van der Waals surface area (Å²) >= 11 is 0. The van der Waals surface area contributed by atoms with Crippen LogP contribution in [0.3, 0.4) is 0 Å². The van der Waals surface area contributed by atoms with E-state index < -0.39 is 0 Å². The smallest absolute Gasteiger partial charge is 0.143 e. The molecule has 2 aromatic carbocycles. The quantitative estimate of drug-likeness (QED) is 0.805. The Morgan fingerprint density at radius 3 is 2.47 bits per heavy atom. The van der Waals surface area contributed by atoms with Crippen LogP contribution in [0.1, 0.15) is 18.1 Å². The molecule has 0 radical (unpaired) electrons. The van der Waals surface area contributed by atoms with Crippen LogP contribution in [-0.4, -0.2) is 7.11 Å². The number of benzene rings is 2. The Labute approximate surface area is 114 Å².